The topological polar surface area (TPSA) is 60.7 Å². The van der Waals surface area contributed by atoms with Crippen LogP contribution in [0, 0.1) is 20.8 Å². The molecule has 0 radical (unpaired) electrons. The number of methoxy groups -OCH3 is 1. The third kappa shape index (κ3) is 3.46. The maximum atomic E-state index is 12.7. The molecule has 5 nitrogen and oxygen atoms in total. The molecule has 134 valence electrons. The van der Waals surface area contributed by atoms with Gasteiger partial charge in [-0.3, -0.25) is 9.59 Å². The predicted molar refractivity (Wildman–Crippen MR) is 102 cm³/mol. The number of hydrogen-bond donors (Lipinski definition) is 0. The summed E-state index contributed by atoms with van der Waals surface area (Å²) in [4.78, 5) is 29.4. The van der Waals surface area contributed by atoms with Gasteiger partial charge in [-0.15, -0.1) is 0 Å². The Kier molecular flexibility index (Phi) is 5.04. The summed E-state index contributed by atoms with van der Waals surface area (Å²) in [5.41, 5.74) is 4.49. The number of esters is 1. The van der Waals surface area contributed by atoms with Crippen molar-refractivity contribution in [3.8, 4) is 0 Å². The van der Waals surface area contributed by atoms with Crippen molar-refractivity contribution >= 4 is 33.4 Å². The van der Waals surface area contributed by atoms with E-state index in [1.807, 2.05) is 45.0 Å². The van der Waals surface area contributed by atoms with E-state index < -0.39 is 0 Å². The Morgan fingerprint density at radius 2 is 1.85 bits per heavy atom. The summed E-state index contributed by atoms with van der Waals surface area (Å²) >= 11 is 1.40. The van der Waals surface area contributed by atoms with Crippen LogP contribution < -0.4 is 4.80 Å². The fourth-order valence-electron chi connectivity index (χ4n) is 2.98. The largest absolute Gasteiger partial charge is 0.468 e. The highest BCUT2D eigenvalue weighted by atomic mass is 32.1. The summed E-state index contributed by atoms with van der Waals surface area (Å²) in [6.07, 6.45) is 0. The van der Waals surface area contributed by atoms with E-state index in [0.29, 0.717) is 10.4 Å². The van der Waals surface area contributed by atoms with Crippen LogP contribution in [0.25, 0.3) is 10.2 Å². The Labute approximate surface area is 155 Å². The second-order valence-corrected chi connectivity index (χ2v) is 7.22. The van der Waals surface area contributed by atoms with Gasteiger partial charge in [-0.2, -0.15) is 4.99 Å². The van der Waals surface area contributed by atoms with Gasteiger partial charge in [0, 0.05) is 5.56 Å². The molecule has 3 rings (SSSR count). The van der Waals surface area contributed by atoms with Crippen molar-refractivity contribution in [2.24, 2.45) is 4.99 Å². The van der Waals surface area contributed by atoms with Crippen molar-refractivity contribution in [1.29, 1.82) is 0 Å². The Balaban J connectivity index is 2.22. The van der Waals surface area contributed by atoms with Crippen LogP contribution in [-0.4, -0.2) is 23.6 Å². The van der Waals surface area contributed by atoms with Crippen LogP contribution in [0.3, 0.4) is 0 Å². The van der Waals surface area contributed by atoms with Crippen LogP contribution in [0.2, 0.25) is 0 Å². The second-order valence-electron chi connectivity index (χ2n) is 6.21. The van der Waals surface area contributed by atoms with Gasteiger partial charge in [0.25, 0.3) is 5.91 Å². The van der Waals surface area contributed by atoms with Gasteiger partial charge < -0.3 is 9.30 Å². The van der Waals surface area contributed by atoms with E-state index in [1.165, 1.54) is 18.4 Å². The summed E-state index contributed by atoms with van der Waals surface area (Å²) in [5, 5.41) is 0. The van der Waals surface area contributed by atoms with Gasteiger partial charge in [0.15, 0.2) is 4.80 Å². The zero-order valence-electron chi connectivity index (χ0n) is 15.2. The highest BCUT2D eigenvalue weighted by Gasteiger charge is 2.15. The molecule has 0 aliphatic heterocycles. The van der Waals surface area contributed by atoms with Crippen molar-refractivity contribution in [2.45, 2.75) is 27.3 Å². The minimum Gasteiger partial charge on any atom is -0.468 e. The molecular weight excluding hydrogens is 348 g/mol. The molecule has 0 saturated heterocycles. The van der Waals surface area contributed by atoms with Gasteiger partial charge in [0.2, 0.25) is 0 Å². The summed E-state index contributed by atoms with van der Waals surface area (Å²) in [6, 6.07) is 11.4. The molecule has 3 aromatic rings. The van der Waals surface area contributed by atoms with Crippen molar-refractivity contribution in [2.75, 3.05) is 7.11 Å². The SMILES string of the molecule is COC(=O)Cn1c(=NC(=O)c2ccccc2C)sc2cc(C)cc(C)c21. The molecule has 0 N–H and O–H groups in total. The van der Waals surface area contributed by atoms with Crippen LogP contribution in [0.4, 0.5) is 0 Å². The fourth-order valence-corrected chi connectivity index (χ4v) is 4.18. The van der Waals surface area contributed by atoms with Crippen LogP contribution in [0.5, 0.6) is 0 Å². The summed E-state index contributed by atoms with van der Waals surface area (Å²) in [7, 11) is 1.35. The first-order chi connectivity index (χ1) is 12.4. The maximum Gasteiger partial charge on any atom is 0.325 e. The quantitative estimate of drug-likeness (QED) is 0.664. The first-order valence-corrected chi connectivity index (χ1v) is 9.04. The first kappa shape index (κ1) is 18.1. The number of thiazole rings is 1. The molecule has 0 unspecified atom stereocenters. The van der Waals surface area contributed by atoms with E-state index in [4.69, 9.17) is 4.74 Å². The van der Waals surface area contributed by atoms with Gasteiger partial charge >= 0.3 is 5.97 Å². The Bertz CT molecular complexity index is 1080. The van der Waals surface area contributed by atoms with Crippen molar-refractivity contribution in [3.63, 3.8) is 0 Å². The highest BCUT2D eigenvalue weighted by molar-refractivity contribution is 7.16. The molecule has 26 heavy (non-hydrogen) atoms. The molecule has 1 heterocycles. The van der Waals surface area contributed by atoms with Crippen molar-refractivity contribution in [1.82, 2.24) is 4.57 Å². The zero-order chi connectivity index (χ0) is 18.8. The lowest BCUT2D eigenvalue weighted by molar-refractivity contribution is -0.141. The molecule has 2 aromatic carbocycles. The zero-order valence-corrected chi connectivity index (χ0v) is 16.0. The Morgan fingerprint density at radius 1 is 1.12 bits per heavy atom. The van der Waals surface area contributed by atoms with Gasteiger partial charge in [0.05, 0.1) is 17.3 Å². The van der Waals surface area contributed by atoms with E-state index in [-0.39, 0.29) is 18.4 Å². The van der Waals surface area contributed by atoms with Gasteiger partial charge in [-0.1, -0.05) is 35.6 Å². The first-order valence-electron chi connectivity index (χ1n) is 8.23. The summed E-state index contributed by atoms with van der Waals surface area (Å²) in [6.45, 7) is 5.90. The van der Waals surface area contributed by atoms with Crippen LogP contribution >= 0.6 is 11.3 Å². The number of fused-ring (bicyclic) bond motifs is 1. The molecule has 1 amide bonds. The molecular formula is C20H20N2O3S. The van der Waals surface area contributed by atoms with Crippen molar-refractivity contribution in [3.05, 3.63) is 63.5 Å². The standard InChI is InChI=1S/C20H20N2O3S/c1-12-9-14(3)18-16(10-12)26-20(22(18)11-17(23)25-4)21-19(24)15-8-6-5-7-13(15)2/h5-10H,11H2,1-4H3. The van der Waals surface area contributed by atoms with Gasteiger partial charge in [0.1, 0.15) is 6.54 Å². The van der Waals surface area contributed by atoms with E-state index in [1.54, 1.807) is 10.6 Å². The second kappa shape index (κ2) is 7.25. The smallest absolute Gasteiger partial charge is 0.325 e. The molecule has 0 fully saturated rings. The fraction of sp³-hybridized carbons (Fsp3) is 0.250. The third-order valence-electron chi connectivity index (χ3n) is 4.20. The number of rotatable bonds is 3. The Morgan fingerprint density at radius 3 is 2.54 bits per heavy atom. The summed E-state index contributed by atoms with van der Waals surface area (Å²) in [5.74, 6) is -0.697. The molecule has 0 saturated carbocycles. The average molecular weight is 368 g/mol. The Hall–Kier alpha value is -2.73. The lowest BCUT2D eigenvalue weighted by Gasteiger charge is -2.07. The van der Waals surface area contributed by atoms with Gasteiger partial charge in [-0.05, 0) is 49.6 Å². The summed E-state index contributed by atoms with van der Waals surface area (Å²) < 4.78 is 7.57. The molecule has 1 aromatic heterocycles. The number of benzene rings is 2. The number of nitrogens with zero attached hydrogens (tertiary/aromatic N) is 2. The molecule has 6 heteroatoms. The minimum absolute atomic E-state index is 0.0142. The molecule has 0 aliphatic rings. The third-order valence-corrected chi connectivity index (χ3v) is 5.22. The van der Waals surface area contributed by atoms with Crippen LogP contribution in [0.1, 0.15) is 27.0 Å². The van der Waals surface area contributed by atoms with E-state index >= 15 is 0 Å². The normalized spacial score (nSPS) is 11.8. The van der Waals surface area contributed by atoms with Crippen LogP contribution in [-0.2, 0) is 16.1 Å². The number of hydrogen-bond acceptors (Lipinski definition) is 4. The highest BCUT2D eigenvalue weighted by Crippen LogP contribution is 2.23. The average Bonchev–Trinajstić information content (AvgIpc) is 2.92. The van der Waals surface area contributed by atoms with E-state index in [9.17, 15) is 9.59 Å². The van der Waals surface area contributed by atoms with Crippen LogP contribution in [0.15, 0.2) is 41.4 Å². The minimum atomic E-state index is -0.380. The van der Waals surface area contributed by atoms with E-state index in [2.05, 4.69) is 11.1 Å². The number of carbonyl (C=O) groups is 2. The molecule has 0 spiro atoms. The monoisotopic (exact) mass is 368 g/mol. The number of aromatic nitrogens is 1. The number of carbonyl (C=O) groups excluding carboxylic acids is 2. The number of ether oxygens (including phenoxy) is 1. The lowest BCUT2D eigenvalue weighted by atomic mass is 10.1. The molecule has 0 aliphatic carbocycles. The predicted octanol–water partition coefficient (Wildman–Crippen LogP) is 3.54. The molecule has 0 bridgehead atoms. The van der Waals surface area contributed by atoms with Crippen molar-refractivity contribution < 1.29 is 14.3 Å². The lowest BCUT2D eigenvalue weighted by Crippen LogP contribution is -2.22. The number of aryl methyl sites for hydroxylation is 3. The molecule has 0 atom stereocenters. The number of amides is 1. The van der Waals surface area contributed by atoms with Gasteiger partial charge in [-0.25, -0.2) is 0 Å². The van der Waals surface area contributed by atoms with E-state index in [0.717, 1.165) is 26.9 Å². The maximum absolute atomic E-state index is 12.7.